The number of nitrogens with zero attached hydrogens (tertiary/aromatic N) is 1. The first-order valence-corrected chi connectivity index (χ1v) is 8.20. The highest BCUT2D eigenvalue weighted by molar-refractivity contribution is 9.10. The van der Waals surface area contributed by atoms with E-state index in [0.29, 0.717) is 11.4 Å². The van der Waals surface area contributed by atoms with Gasteiger partial charge in [0.1, 0.15) is 5.75 Å². The zero-order chi connectivity index (χ0) is 14.9. The summed E-state index contributed by atoms with van der Waals surface area (Å²) in [6, 6.07) is 5.15. The van der Waals surface area contributed by atoms with E-state index in [4.69, 9.17) is 4.74 Å². The highest BCUT2D eigenvalue weighted by atomic mass is 79.9. The van der Waals surface area contributed by atoms with Gasteiger partial charge in [0, 0.05) is 35.1 Å². The monoisotopic (exact) mass is 365 g/mol. The first-order chi connectivity index (χ1) is 9.28. The van der Waals surface area contributed by atoms with Crippen molar-refractivity contribution in [2.45, 2.75) is 6.42 Å². The van der Waals surface area contributed by atoms with Gasteiger partial charge >= 0.3 is 10.2 Å². The van der Waals surface area contributed by atoms with E-state index in [-0.39, 0.29) is 18.9 Å². The van der Waals surface area contributed by atoms with Gasteiger partial charge in [-0.15, -0.1) is 3.89 Å². The first-order valence-electron chi connectivity index (χ1n) is 5.86. The first kappa shape index (κ1) is 15.2. The summed E-state index contributed by atoms with van der Waals surface area (Å²) in [5.74, 6) is -0.801. The number of rotatable bonds is 4. The van der Waals surface area contributed by atoms with E-state index in [2.05, 4.69) is 15.9 Å². The number of benzene rings is 1. The van der Waals surface area contributed by atoms with Crippen LogP contribution >= 0.6 is 15.9 Å². The Morgan fingerprint density at radius 1 is 1.45 bits per heavy atom. The Labute approximate surface area is 125 Å². The largest absolute Gasteiger partial charge is 0.497 e. The number of halogens is 2. The summed E-state index contributed by atoms with van der Waals surface area (Å²) in [6.07, 6.45) is 0.0258. The molecule has 0 aliphatic carbocycles. The molecule has 0 N–H and O–H groups in total. The Kier molecular flexibility index (Phi) is 4.33. The van der Waals surface area contributed by atoms with Gasteiger partial charge in [-0.3, -0.25) is 4.79 Å². The van der Waals surface area contributed by atoms with Crippen molar-refractivity contribution in [3.63, 3.8) is 0 Å². The Morgan fingerprint density at radius 3 is 2.75 bits per heavy atom. The van der Waals surface area contributed by atoms with Crippen molar-refractivity contribution in [3.05, 3.63) is 22.7 Å². The van der Waals surface area contributed by atoms with Gasteiger partial charge in [0.05, 0.1) is 12.9 Å². The number of ether oxygens (including phenoxy) is 1. The van der Waals surface area contributed by atoms with Crippen LogP contribution in [0.5, 0.6) is 5.75 Å². The summed E-state index contributed by atoms with van der Waals surface area (Å²) in [5, 5.41) is 0. The van der Waals surface area contributed by atoms with E-state index in [9.17, 15) is 17.1 Å². The van der Waals surface area contributed by atoms with Gasteiger partial charge in [-0.25, -0.2) is 0 Å². The second-order valence-corrected chi connectivity index (χ2v) is 6.96. The Balaban J connectivity index is 2.21. The Bertz CT molecular complexity index is 634. The van der Waals surface area contributed by atoms with Gasteiger partial charge in [0.25, 0.3) is 0 Å². The van der Waals surface area contributed by atoms with Gasteiger partial charge in [-0.1, -0.05) is 15.9 Å². The smallest absolute Gasteiger partial charge is 0.302 e. The zero-order valence-corrected chi connectivity index (χ0v) is 13.1. The molecule has 1 saturated heterocycles. The van der Waals surface area contributed by atoms with Crippen LogP contribution in [0.2, 0.25) is 0 Å². The number of hydrogen-bond acceptors (Lipinski definition) is 4. The quantitative estimate of drug-likeness (QED) is 0.766. The van der Waals surface area contributed by atoms with Gasteiger partial charge in [0.2, 0.25) is 5.91 Å². The van der Waals surface area contributed by atoms with Crippen LogP contribution in [0.4, 0.5) is 9.57 Å². The minimum absolute atomic E-state index is 0.0258. The number of anilines is 1. The lowest BCUT2D eigenvalue weighted by Crippen LogP contribution is -2.25. The molecule has 1 aromatic carbocycles. The molecule has 1 aromatic rings. The fourth-order valence-electron chi connectivity index (χ4n) is 2.25. The molecule has 0 radical (unpaired) electrons. The summed E-state index contributed by atoms with van der Waals surface area (Å²) >= 11 is 3.31. The van der Waals surface area contributed by atoms with E-state index in [1.54, 1.807) is 18.2 Å². The maximum Gasteiger partial charge on any atom is 0.302 e. The van der Waals surface area contributed by atoms with E-state index in [0.717, 1.165) is 4.47 Å². The van der Waals surface area contributed by atoms with Crippen molar-refractivity contribution >= 4 is 37.7 Å². The standard InChI is InChI=1S/C12H13BrFNO4S/c1-19-11-4-9(13)3-10(5-11)15-6-8(2-12(15)16)7-20(14,17)18/h3-5,8H,2,6-7H2,1H3. The van der Waals surface area contributed by atoms with Crippen molar-refractivity contribution in [1.29, 1.82) is 0 Å². The van der Waals surface area contributed by atoms with Crippen LogP contribution < -0.4 is 9.64 Å². The van der Waals surface area contributed by atoms with Crippen molar-refractivity contribution < 1.29 is 21.8 Å². The normalized spacial score (nSPS) is 19.4. The Hall–Kier alpha value is -1.15. The molecule has 2 rings (SSSR count). The van der Waals surface area contributed by atoms with E-state index in [1.165, 1.54) is 12.0 Å². The molecular weight excluding hydrogens is 353 g/mol. The molecular formula is C12H13BrFNO4S. The lowest BCUT2D eigenvalue weighted by Gasteiger charge is -2.17. The summed E-state index contributed by atoms with van der Waals surface area (Å²) in [7, 11) is -3.06. The minimum Gasteiger partial charge on any atom is -0.497 e. The van der Waals surface area contributed by atoms with Crippen LogP contribution in [0, 0.1) is 5.92 Å². The number of carbonyl (C=O) groups is 1. The number of methoxy groups -OCH3 is 1. The van der Waals surface area contributed by atoms with E-state index in [1.807, 2.05) is 0 Å². The lowest BCUT2D eigenvalue weighted by molar-refractivity contribution is -0.117. The lowest BCUT2D eigenvalue weighted by atomic mass is 10.1. The van der Waals surface area contributed by atoms with Crippen LogP contribution in [0.1, 0.15) is 6.42 Å². The third-order valence-corrected chi connectivity index (χ3v) is 4.37. The van der Waals surface area contributed by atoms with Gasteiger partial charge in [-0.05, 0) is 12.1 Å². The van der Waals surface area contributed by atoms with Crippen molar-refractivity contribution in [2.75, 3.05) is 24.3 Å². The molecule has 0 spiro atoms. The minimum atomic E-state index is -4.57. The summed E-state index contributed by atoms with van der Waals surface area (Å²) in [6.45, 7) is 0.182. The number of hydrogen-bond donors (Lipinski definition) is 0. The fourth-order valence-corrected chi connectivity index (χ4v) is 3.49. The van der Waals surface area contributed by atoms with Crippen LogP contribution in [0.15, 0.2) is 22.7 Å². The average molecular weight is 366 g/mol. The molecule has 1 amide bonds. The molecule has 1 aliphatic rings. The molecule has 0 aromatic heterocycles. The highest BCUT2D eigenvalue weighted by Gasteiger charge is 2.33. The average Bonchev–Trinajstić information content (AvgIpc) is 2.66. The van der Waals surface area contributed by atoms with Gasteiger partial charge in [-0.2, -0.15) is 8.42 Å². The van der Waals surface area contributed by atoms with E-state index >= 15 is 0 Å². The molecule has 1 heterocycles. The van der Waals surface area contributed by atoms with Crippen LogP contribution in [-0.2, 0) is 15.0 Å². The SMILES string of the molecule is COc1cc(Br)cc(N2CC(CS(=O)(=O)F)CC2=O)c1. The summed E-state index contributed by atoms with van der Waals surface area (Å²) in [4.78, 5) is 13.4. The molecule has 20 heavy (non-hydrogen) atoms. The van der Waals surface area contributed by atoms with Crippen molar-refractivity contribution in [2.24, 2.45) is 5.92 Å². The van der Waals surface area contributed by atoms with Crippen LogP contribution in [-0.4, -0.2) is 33.7 Å². The molecule has 0 saturated carbocycles. The third kappa shape index (κ3) is 3.69. The molecule has 8 heteroatoms. The zero-order valence-electron chi connectivity index (χ0n) is 10.7. The maximum atomic E-state index is 12.7. The predicted octanol–water partition coefficient (Wildman–Crippen LogP) is 2.11. The number of amides is 1. The second kappa shape index (κ2) is 5.69. The summed E-state index contributed by atoms with van der Waals surface area (Å²) < 4.78 is 39.9. The van der Waals surface area contributed by atoms with Crippen LogP contribution in [0.25, 0.3) is 0 Å². The van der Waals surface area contributed by atoms with Crippen molar-refractivity contribution in [3.8, 4) is 5.75 Å². The fraction of sp³-hybridized carbons (Fsp3) is 0.417. The second-order valence-electron chi connectivity index (χ2n) is 4.63. The molecule has 1 fully saturated rings. The predicted molar refractivity (Wildman–Crippen MR) is 76.0 cm³/mol. The molecule has 1 atom stereocenters. The van der Waals surface area contributed by atoms with Gasteiger partial charge in [0.15, 0.2) is 0 Å². The molecule has 110 valence electrons. The molecule has 1 aliphatic heterocycles. The topological polar surface area (TPSA) is 63.7 Å². The summed E-state index contributed by atoms with van der Waals surface area (Å²) in [5.41, 5.74) is 0.597. The van der Waals surface area contributed by atoms with E-state index < -0.39 is 21.9 Å². The molecule has 5 nitrogen and oxygen atoms in total. The Morgan fingerprint density at radius 2 is 2.15 bits per heavy atom. The van der Waals surface area contributed by atoms with Crippen LogP contribution in [0.3, 0.4) is 0 Å². The number of carbonyl (C=O) groups excluding carboxylic acids is 1. The molecule has 1 unspecified atom stereocenters. The maximum absolute atomic E-state index is 12.7. The highest BCUT2D eigenvalue weighted by Crippen LogP contribution is 2.31. The van der Waals surface area contributed by atoms with Crippen molar-refractivity contribution in [1.82, 2.24) is 0 Å². The molecule has 0 bridgehead atoms. The third-order valence-electron chi connectivity index (χ3n) is 3.04. The van der Waals surface area contributed by atoms with Gasteiger partial charge < -0.3 is 9.64 Å².